The van der Waals surface area contributed by atoms with Crippen molar-refractivity contribution in [2.75, 3.05) is 14.2 Å². The van der Waals surface area contributed by atoms with Gasteiger partial charge in [0.25, 0.3) is 0 Å². The lowest BCUT2D eigenvalue weighted by atomic mass is 9.58. The van der Waals surface area contributed by atoms with Gasteiger partial charge in [-0.1, -0.05) is 19.9 Å². The van der Waals surface area contributed by atoms with Crippen molar-refractivity contribution >= 4 is 0 Å². The fourth-order valence-corrected chi connectivity index (χ4v) is 2.11. The third kappa shape index (κ3) is 1.53. The van der Waals surface area contributed by atoms with E-state index in [4.69, 9.17) is 9.47 Å². The molecule has 0 aromatic rings. The number of hydrogen-bond donors (Lipinski definition) is 0. The summed E-state index contributed by atoms with van der Waals surface area (Å²) in [5.41, 5.74) is 0.214. The van der Waals surface area contributed by atoms with Gasteiger partial charge in [0.15, 0.2) is 5.79 Å². The molecule has 1 aliphatic rings. The van der Waals surface area contributed by atoms with Crippen molar-refractivity contribution in [2.45, 2.75) is 32.5 Å². The molecule has 1 rings (SSSR count). The van der Waals surface area contributed by atoms with Gasteiger partial charge in [-0.15, -0.1) is 6.58 Å². The first-order valence-corrected chi connectivity index (χ1v) is 4.78. The van der Waals surface area contributed by atoms with E-state index < -0.39 is 0 Å². The second-order valence-corrected chi connectivity index (χ2v) is 4.26. The van der Waals surface area contributed by atoms with Gasteiger partial charge in [-0.25, -0.2) is 0 Å². The molecule has 13 heavy (non-hydrogen) atoms. The van der Waals surface area contributed by atoms with Gasteiger partial charge in [0, 0.05) is 32.5 Å². The summed E-state index contributed by atoms with van der Waals surface area (Å²) in [7, 11) is 3.41. The fraction of sp³-hybridized carbons (Fsp3) is 0.818. The minimum absolute atomic E-state index is 0.214. The normalized spacial score (nSPS) is 24.1. The predicted molar refractivity (Wildman–Crippen MR) is 53.5 cm³/mol. The van der Waals surface area contributed by atoms with Gasteiger partial charge < -0.3 is 9.47 Å². The molecule has 0 N–H and O–H groups in total. The molecule has 0 spiro atoms. The zero-order chi connectivity index (χ0) is 10.1. The summed E-state index contributed by atoms with van der Waals surface area (Å²) < 4.78 is 10.7. The zero-order valence-corrected chi connectivity index (χ0v) is 9.09. The Morgan fingerprint density at radius 1 is 1.23 bits per heavy atom. The van der Waals surface area contributed by atoms with Crippen molar-refractivity contribution < 1.29 is 9.47 Å². The molecule has 76 valence electrons. The molecule has 0 atom stereocenters. The van der Waals surface area contributed by atoms with Gasteiger partial charge in [-0.05, 0) is 5.92 Å². The van der Waals surface area contributed by atoms with Gasteiger partial charge in [0.1, 0.15) is 0 Å². The molecular weight excluding hydrogens is 164 g/mol. The maximum absolute atomic E-state index is 5.36. The number of ether oxygens (including phenoxy) is 2. The molecule has 0 radical (unpaired) electrons. The average Bonchev–Trinajstić information content (AvgIpc) is 2.05. The topological polar surface area (TPSA) is 18.5 Å². The highest BCUT2D eigenvalue weighted by atomic mass is 16.7. The molecule has 0 bridgehead atoms. The van der Waals surface area contributed by atoms with Crippen LogP contribution in [0.15, 0.2) is 12.7 Å². The number of methoxy groups -OCH3 is 2. The standard InChI is InChI=1S/C11H20O2/c1-6-10(9(2)3)7-11(8-10,12-4)13-5/h6,9H,1,7-8H2,2-5H3. The van der Waals surface area contributed by atoms with Gasteiger partial charge in [-0.3, -0.25) is 0 Å². The Morgan fingerprint density at radius 2 is 1.69 bits per heavy atom. The average molecular weight is 184 g/mol. The minimum Gasteiger partial charge on any atom is -0.353 e. The molecule has 0 saturated heterocycles. The molecule has 1 saturated carbocycles. The molecule has 1 fully saturated rings. The Morgan fingerprint density at radius 3 is 1.92 bits per heavy atom. The van der Waals surface area contributed by atoms with Gasteiger partial charge in [0.05, 0.1) is 0 Å². The van der Waals surface area contributed by atoms with Gasteiger partial charge in [-0.2, -0.15) is 0 Å². The quantitative estimate of drug-likeness (QED) is 0.494. The lowest BCUT2D eigenvalue weighted by Gasteiger charge is -2.55. The summed E-state index contributed by atoms with van der Waals surface area (Å²) in [4.78, 5) is 0. The van der Waals surface area contributed by atoms with Gasteiger partial charge >= 0.3 is 0 Å². The van der Waals surface area contributed by atoms with E-state index >= 15 is 0 Å². The third-order valence-electron chi connectivity index (χ3n) is 3.50. The second kappa shape index (κ2) is 3.43. The maximum atomic E-state index is 5.36. The Bertz CT molecular complexity index is 184. The van der Waals surface area contributed by atoms with Crippen LogP contribution in [0.1, 0.15) is 26.7 Å². The fourth-order valence-electron chi connectivity index (χ4n) is 2.11. The van der Waals surface area contributed by atoms with Crippen LogP contribution >= 0.6 is 0 Å². The van der Waals surface area contributed by atoms with Crippen LogP contribution in [-0.4, -0.2) is 20.0 Å². The van der Waals surface area contributed by atoms with Crippen molar-refractivity contribution in [1.29, 1.82) is 0 Å². The zero-order valence-electron chi connectivity index (χ0n) is 9.09. The summed E-state index contributed by atoms with van der Waals surface area (Å²) in [6.07, 6.45) is 3.90. The first kappa shape index (κ1) is 10.7. The summed E-state index contributed by atoms with van der Waals surface area (Å²) >= 11 is 0. The van der Waals surface area contributed by atoms with E-state index in [0.717, 1.165) is 12.8 Å². The largest absolute Gasteiger partial charge is 0.353 e. The summed E-state index contributed by atoms with van der Waals surface area (Å²) in [5.74, 6) is 0.252. The molecule has 0 aromatic heterocycles. The number of rotatable bonds is 4. The van der Waals surface area contributed by atoms with Gasteiger partial charge in [0.2, 0.25) is 0 Å². The van der Waals surface area contributed by atoms with E-state index in [-0.39, 0.29) is 11.2 Å². The lowest BCUT2D eigenvalue weighted by Crippen LogP contribution is -2.55. The minimum atomic E-state index is -0.349. The number of hydrogen-bond acceptors (Lipinski definition) is 2. The van der Waals surface area contributed by atoms with E-state index in [2.05, 4.69) is 20.4 Å². The summed E-state index contributed by atoms with van der Waals surface area (Å²) in [6, 6.07) is 0. The Hall–Kier alpha value is -0.340. The van der Waals surface area contributed by atoms with Crippen molar-refractivity contribution in [3.8, 4) is 0 Å². The lowest BCUT2D eigenvalue weighted by molar-refractivity contribution is -0.294. The summed E-state index contributed by atoms with van der Waals surface area (Å²) in [6.45, 7) is 8.34. The van der Waals surface area contributed by atoms with E-state index in [1.54, 1.807) is 14.2 Å². The Balaban J connectivity index is 2.67. The highest BCUT2D eigenvalue weighted by Gasteiger charge is 2.55. The van der Waals surface area contributed by atoms with Crippen molar-refractivity contribution in [2.24, 2.45) is 11.3 Å². The Labute approximate surface area is 80.9 Å². The Kier molecular flexibility index (Phi) is 2.83. The molecule has 0 amide bonds. The first-order valence-electron chi connectivity index (χ1n) is 4.78. The van der Waals surface area contributed by atoms with Crippen LogP contribution in [0.2, 0.25) is 0 Å². The van der Waals surface area contributed by atoms with Crippen LogP contribution in [0.25, 0.3) is 0 Å². The second-order valence-electron chi connectivity index (χ2n) is 4.26. The third-order valence-corrected chi connectivity index (χ3v) is 3.50. The summed E-state index contributed by atoms with van der Waals surface area (Å²) in [5, 5.41) is 0. The molecular formula is C11H20O2. The van der Waals surface area contributed by atoms with Crippen molar-refractivity contribution in [3.05, 3.63) is 12.7 Å². The van der Waals surface area contributed by atoms with Crippen LogP contribution < -0.4 is 0 Å². The SMILES string of the molecule is C=CC1(C(C)C)CC(OC)(OC)C1. The molecule has 0 unspecified atom stereocenters. The highest BCUT2D eigenvalue weighted by molar-refractivity contribution is 5.10. The van der Waals surface area contributed by atoms with Crippen LogP contribution in [0.4, 0.5) is 0 Å². The van der Waals surface area contributed by atoms with E-state index in [1.165, 1.54) is 0 Å². The van der Waals surface area contributed by atoms with Crippen LogP contribution in [0, 0.1) is 11.3 Å². The molecule has 0 aliphatic heterocycles. The van der Waals surface area contributed by atoms with Crippen LogP contribution in [0.5, 0.6) is 0 Å². The van der Waals surface area contributed by atoms with E-state index in [1.807, 2.05) is 6.08 Å². The molecule has 2 nitrogen and oxygen atoms in total. The molecule has 1 aliphatic carbocycles. The molecule has 0 heterocycles. The van der Waals surface area contributed by atoms with Crippen molar-refractivity contribution in [3.63, 3.8) is 0 Å². The monoisotopic (exact) mass is 184 g/mol. The molecule has 2 heteroatoms. The molecule has 0 aromatic carbocycles. The predicted octanol–water partition coefficient (Wildman–Crippen LogP) is 2.60. The van der Waals surface area contributed by atoms with E-state index in [9.17, 15) is 0 Å². The van der Waals surface area contributed by atoms with Crippen LogP contribution in [0.3, 0.4) is 0 Å². The van der Waals surface area contributed by atoms with E-state index in [0.29, 0.717) is 5.92 Å². The number of allylic oxidation sites excluding steroid dienone is 1. The smallest absolute Gasteiger partial charge is 0.169 e. The maximum Gasteiger partial charge on any atom is 0.169 e. The van der Waals surface area contributed by atoms with Crippen LogP contribution in [-0.2, 0) is 9.47 Å². The van der Waals surface area contributed by atoms with Crippen molar-refractivity contribution in [1.82, 2.24) is 0 Å². The highest BCUT2D eigenvalue weighted by Crippen LogP contribution is 2.55. The first-order chi connectivity index (χ1) is 6.04.